The van der Waals surface area contributed by atoms with E-state index >= 15 is 0 Å². The van der Waals surface area contributed by atoms with Crippen LogP contribution in [0.5, 0.6) is 0 Å². The molecule has 3 rings (SSSR count). The Kier molecular flexibility index (Phi) is 7.80. The Morgan fingerprint density at radius 1 is 1.18 bits per heavy atom. The van der Waals surface area contributed by atoms with Crippen LogP contribution in [-0.4, -0.2) is 43.5 Å². The van der Waals surface area contributed by atoms with Crippen molar-refractivity contribution in [2.24, 2.45) is 0 Å². The summed E-state index contributed by atoms with van der Waals surface area (Å²) in [6.45, 7) is 1.20. The van der Waals surface area contributed by atoms with Crippen molar-refractivity contribution in [3.8, 4) is 0 Å². The van der Waals surface area contributed by atoms with Gasteiger partial charge in [-0.2, -0.15) is 0 Å². The highest BCUT2D eigenvalue weighted by Crippen LogP contribution is 2.36. The summed E-state index contributed by atoms with van der Waals surface area (Å²) in [5.41, 5.74) is 1.16. The van der Waals surface area contributed by atoms with E-state index in [0.717, 1.165) is 18.1 Å². The zero-order chi connectivity index (χ0) is 24.9. The van der Waals surface area contributed by atoms with Gasteiger partial charge in [0.2, 0.25) is 17.7 Å². The van der Waals surface area contributed by atoms with Gasteiger partial charge in [-0.05, 0) is 42.7 Å². The third-order valence-corrected chi connectivity index (χ3v) is 5.66. The number of anilines is 1. The van der Waals surface area contributed by atoms with E-state index in [1.165, 1.54) is 18.2 Å². The van der Waals surface area contributed by atoms with E-state index in [9.17, 15) is 27.6 Å². The maximum absolute atomic E-state index is 14.1. The molecule has 2 aromatic carbocycles. The minimum Gasteiger partial charge on any atom is -0.453 e. The van der Waals surface area contributed by atoms with Gasteiger partial charge in [0.1, 0.15) is 18.4 Å². The van der Waals surface area contributed by atoms with E-state index in [2.05, 4.69) is 15.4 Å². The van der Waals surface area contributed by atoms with Crippen LogP contribution in [0.2, 0.25) is 0 Å². The molecular weight excluding hydrogens is 451 g/mol. The van der Waals surface area contributed by atoms with Gasteiger partial charge in [0.05, 0.1) is 7.11 Å². The van der Waals surface area contributed by atoms with Gasteiger partial charge in [-0.15, -0.1) is 0 Å². The van der Waals surface area contributed by atoms with Crippen molar-refractivity contribution < 1.29 is 32.3 Å². The lowest BCUT2D eigenvalue weighted by atomic mass is 9.97. The van der Waals surface area contributed by atoms with Crippen molar-refractivity contribution >= 4 is 23.6 Å². The number of benzene rings is 2. The minimum absolute atomic E-state index is 0.0665. The quantitative estimate of drug-likeness (QED) is 0.634. The molecule has 0 bridgehead atoms. The number of methoxy groups -OCH3 is 1. The van der Waals surface area contributed by atoms with E-state index in [-0.39, 0.29) is 18.5 Å². The lowest BCUT2D eigenvalue weighted by molar-refractivity contribution is -0.127. The molecule has 0 radical (unpaired) electrons. The number of nitrogens with one attached hydrogen (secondary N) is 2. The summed E-state index contributed by atoms with van der Waals surface area (Å²) < 4.78 is 46.1. The van der Waals surface area contributed by atoms with Crippen LogP contribution in [0.1, 0.15) is 36.4 Å². The van der Waals surface area contributed by atoms with Crippen molar-refractivity contribution in [1.29, 1.82) is 0 Å². The van der Waals surface area contributed by atoms with Gasteiger partial charge in [0.25, 0.3) is 0 Å². The molecular formula is C24H26F3N3O4. The number of rotatable bonds is 7. The molecule has 34 heavy (non-hydrogen) atoms. The first kappa shape index (κ1) is 25.1. The number of carbonyl (C=O) groups is 3. The third-order valence-electron chi connectivity index (χ3n) is 5.66. The molecule has 0 heterocycles. The minimum atomic E-state index is -2.88. The van der Waals surface area contributed by atoms with Crippen molar-refractivity contribution in [1.82, 2.24) is 10.6 Å². The van der Waals surface area contributed by atoms with Gasteiger partial charge in [-0.1, -0.05) is 30.3 Å². The van der Waals surface area contributed by atoms with Crippen molar-refractivity contribution in [3.63, 3.8) is 0 Å². The fraction of sp³-hybridized carbons (Fsp3) is 0.375. The number of nitrogens with zero attached hydrogens (tertiary/aromatic N) is 1. The van der Waals surface area contributed by atoms with Gasteiger partial charge in [0.15, 0.2) is 0 Å². The Labute approximate surface area is 195 Å². The largest absolute Gasteiger partial charge is 0.453 e. The summed E-state index contributed by atoms with van der Waals surface area (Å²) in [5.74, 6) is -4.93. The summed E-state index contributed by atoms with van der Waals surface area (Å²) in [7, 11) is 1.13. The number of aryl methyl sites for hydroxylation is 1. The van der Waals surface area contributed by atoms with E-state index in [4.69, 9.17) is 0 Å². The predicted octanol–water partition coefficient (Wildman–Crippen LogP) is 3.87. The molecule has 7 nitrogen and oxygen atoms in total. The van der Waals surface area contributed by atoms with Crippen LogP contribution in [0, 0.1) is 12.7 Å². The molecule has 0 aliphatic heterocycles. The van der Waals surface area contributed by atoms with Crippen LogP contribution < -0.4 is 15.5 Å². The molecule has 0 spiro atoms. The van der Waals surface area contributed by atoms with Gasteiger partial charge in [-0.25, -0.2) is 18.0 Å². The summed E-state index contributed by atoms with van der Waals surface area (Å²) in [4.78, 5) is 39.4. The van der Waals surface area contributed by atoms with Crippen LogP contribution in [0.3, 0.4) is 0 Å². The molecule has 3 amide bonds. The van der Waals surface area contributed by atoms with E-state index < -0.39 is 54.7 Å². The molecule has 182 valence electrons. The molecule has 10 heteroatoms. The topological polar surface area (TPSA) is 87.7 Å². The fourth-order valence-corrected chi connectivity index (χ4v) is 4.01. The van der Waals surface area contributed by atoms with Gasteiger partial charge < -0.3 is 15.4 Å². The molecule has 2 unspecified atom stereocenters. The summed E-state index contributed by atoms with van der Waals surface area (Å²) in [5, 5.41) is 4.90. The number of amides is 3. The van der Waals surface area contributed by atoms with Crippen molar-refractivity contribution in [2.45, 2.75) is 44.2 Å². The van der Waals surface area contributed by atoms with Crippen LogP contribution >= 0.6 is 0 Å². The SMILES string of the molecule is COC(=O)NCC(=O)N(c1cccc(F)c1)C(C(=O)NC1CCC(F)(F)C1)c1ccccc1C. The van der Waals surface area contributed by atoms with E-state index in [0.29, 0.717) is 11.1 Å². The standard InChI is InChI=1S/C24H26F3N3O4/c1-15-6-3-4-9-19(15)21(22(32)29-17-10-11-24(26,27)13-17)30(18-8-5-7-16(25)12-18)20(31)14-28-23(33)34-2/h3-9,12,17,21H,10-11,13-14H2,1-2H3,(H,28,33)(H,29,32). The second kappa shape index (κ2) is 10.6. The van der Waals surface area contributed by atoms with Crippen molar-refractivity contribution in [3.05, 3.63) is 65.5 Å². The maximum Gasteiger partial charge on any atom is 0.407 e. The Morgan fingerprint density at radius 3 is 2.53 bits per heavy atom. The highest BCUT2D eigenvalue weighted by atomic mass is 19.3. The molecule has 0 aromatic heterocycles. The van der Waals surface area contributed by atoms with Gasteiger partial charge >= 0.3 is 6.09 Å². The van der Waals surface area contributed by atoms with Crippen molar-refractivity contribution in [2.75, 3.05) is 18.6 Å². The van der Waals surface area contributed by atoms with Crippen LogP contribution in [0.15, 0.2) is 48.5 Å². The second-order valence-corrected chi connectivity index (χ2v) is 8.15. The lowest BCUT2D eigenvalue weighted by Crippen LogP contribution is -2.49. The number of hydrogen-bond donors (Lipinski definition) is 2. The number of alkyl carbamates (subject to hydrolysis) is 1. The summed E-state index contributed by atoms with van der Waals surface area (Å²) in [6, 6.07) is 9.81. The number of carbonyl (C=O) groups excluding carboxylic acids is 3. The summed E-state index contributed by atoms with van der Waals surface area (Å²) >= 11 is 0. The van der Waals surface area contributed by atoms with Gasteiger partial charge in [-0.3, -0.25) is 14.5 Å². The zero-order valence-electron chi connectivity index (χ0n) is 18.8. The first-order valence-electron chi connectivity index (χ1n) is 10.7. The number of hydrogen-bond acceptors (Lipinski definition) is 4. The Bertz CT molecular complexity index is 1060. The Morgan fingerprint density at radius 2 is 1.91 bits per heavy atom. The monoisotopic (exact) mass is 477 g/mol. The number of halogens is 3. The van der Waals surface area contributed by atoms with E-state index in [1.807, 2.05) is 0 Å². The first-order valence-corrected chi connectivity index (χ1v) is 10.7. The molecule has 1 aliphatic carbocycles. The molecule has 2 N–H and O–H groups in total. The summed E-state index contributed by atoms with van der Waals surface area (Å²) in [6.07, 6.45) is -1.62. The zero-order valence-corrected chi connectivity index (χ0v) is 18.8. The predicted molar refractivity (Wildman–Crippen MR) is 119 cm³/mol. The average Bonchev–Trinajstić information content (AvgIpc) is 3.13. The average molecular weight is 477 g/mol. The van der Waals surface area contributed by atoms with Crippen LogP contribution in [0.4, 0.5) is 23.7 Å². The normalized spacial score (nSPS) is 17.5. The Balaban J connectivity index is 2.03. The second-order valence-electron chi connectivity index (χ2n) is 8.15. The third kappa shape index (κ3) is 6.06. The fourth-order valence-electron chi connectivity index (χ4n) is 4.01. The van der Waals surface area contributed by atoms with Gasteiger partial charge in [0, 0.05) is 24.6 Å². The number of ether oxygens (including phenoxy) is 1. The Hall–Kier alpha value is -3.56. The smallest absolute Gasteiger partial charge is 0.407 e. The molecule has 1 aliphatic rings. The molecule has 1 fully saturated rings. The highest BCUT2D eigenvalue weighted by molar-refractivity contribution is 6.03. The lowest BCUT2D eigenvalue weighted by Gasteiger charge is -2.33. The van der Waals surface area contributed by atoms with E-state index in [1.54, 1.807) is 31.2 Å². The van der Waals surface area contributed by atoms with Crippen LogP contribution in [0.25, 0.3) is 0 Å². The highest BCUT2D eigenvalue weighted by Gasteiger charge is 2.42. The number of alkyl halides is 2. The molecule has 2 aromatic rings. The molecule has 2 atom stereocenters. The molecule has 0 saturated heterocycles. The van der Waals surface area contributed by atoms with Crippen LogP contribution in [-0.2, 0) is 14.3 Å². The first-order chi connectivity index (χ1) is 16.1. The molecule has 1 saturated carbocycles. The maximum atomic E-state index is 14.1.